The second kappa shape index (κ2) is 5.48. The highest BCUT2D eigenvalue weighted by atomic mass is 79.9. The SMILES string of the molecule is Cc1cc(F)cc(C(=O)Nc2ccc(Br)cc2F)c1. The lowest BCUT2D eigenvalue weighted by molar-refractivity contribution is 0.102. The highest BCUT2D eigenvalue weighted by Gasteiger charge is 2.11. The van der Waals surface area contributed by atoms with Gasteiger partial charge in [-0.1, -0.05) is 15.9 Å². The number of hydrogen-bond donors (Lipinski definition) is 1. The van der Waals surface area contributed by atoms with Gasteiger partial charge < -0.3 is 5.32 Å². The Morgan fingerprint density at radius 3 is 2.53 bits per heavy atom. The van der Waals surface area contributed by atoms with Crippen molar-refractivity contribution in [2.75, 3.05) is 5.32 Å². The summed E-state index contributed by atoms with van der Waals surface area (Å²) in [5.41, 5.74) is 0.830. The number of halogens is 3. The van der Waals surface area contributed by atoms with Gasteiger partial charge in [0.05, 0.1) is 5.69 Å². The Balaban J connectivity index is 2.25. The number of rotatable bonds is 2. The van der Waals surface area contributed by atoms with Crippen molar-refractivity contribution >= 4 is 27.5 Å². The van der Waals surface area contributed by atoms with E-state index >= 15 is 0 Å². The van der Waals surface area contributed by atoms with Crippen LogP contribution in [0.1, 0.15) is 15.9 Å². The topological polar surface area (TPSA) is 29.1 Å². The number of carbonyl (C=O) groups excluding carboxylic acids is 1. The third-order valence-electron chi connectivity index (χ3n) is 2.48. The summed E-state index contributed by atoms with van der Waals surface area (Å²) in [6.07, 6.45) is 0. The molecule has 0 aliphatic rings. The van der Waals surface area contributed by atoms with E-state index in [0.717, 1.165) is 6.07 Å². The van der Waals surface area contributed by atoms with Gasteiger partial charge >= 0.3 is 0 Å². The summed E-state index contributed by atoms with van der Waals surface area (Å²) in [6.45, 7) is 1.68. The molecule has 0 spiro atoms. The lowest BCUT2D eigenvalue weighted by Crippen LogP contribution is -2.13. The Hall–Kier alpha value is -1.75. The molecule has 0 aromatic heterocycles. The molecule has 0 saturated heterocycles. The molecule has 2 rings (SSSR count). The molecule has 0 aliphatic carbocycles. The molecule has 98 valence electrons. The van der Waals surface area contributed by atoms with Gasteiger partial charge in [0.2, 0.25) is 0 Å². The van der Waals surface area contributed by atoms with Crippen LogP contribution in [0.3, 0.4) is 0 Å². The first-order chi connectivity index (χ1) is 8.95. The molecule has 2 aromatic carbocycles. The number of hydrogen-bond acceptors (Lipinski definition) is 1. The third kappa shape index (κ3) is 3.38. The third-order valence-corrected chi connectivity index (χ3v) is 2.98. The number of carbonyl (C=O) groups is 1. The lowest BCUT2D eigenvalue weighted by Gasteiger charge is -2.07. The average molecular weight is 326 g/mol. The Labute approximate surface area is 117 Å². The van der Waals surface area contributed by atoms with Gasteiger partial charge in [0, 0.05) is 10.0 Å². The molecule has 2 nitrogen and oxygen atoms in total. The van der Waals surface area contributed by atoms with E-state index in [0.29, 0.717) is 10.0 Å². The van der Waals surface area contributed by atoms with Gasteiger partial charge in [-0.15, -0.1) is 0 Å². The normalized spacial score (nSPS) is 10.3. The summed E-state index contributed by atoms with van der Waals surface area (Å²) >= 11 is 3.12. The van der Waals surface area contributed by atoms with Crippen molar-refractivity contribution in [3.8, 4) is 0 Å². The standard InChI is InChI=1S/C14H10BrF2NO/c1-8-4-9(6-11(16)5-8)14(19)18-13-3-2-10(15)7-12(13)17/h2-7H,1H3,(H,18,19). The zero-order chi connectivity index (χ0) is 14.0. The fraction of sp³-hybridized carbons (Fsp3) is 0.0714. The molecule has 0 radical (unpaired) electrons. The number of benzene rings is 2. The number of nitrogens with one attached hydrogen (secondary N) is 1. The fourth-order valence-electron chi connectivity index (χ4n) is 1.65. The molecule has 0 aliphatic heterocycles. The molecule has 0 heterocycles. The summed E-state index contributed by atoms with van der Waals surface area (Å²) in [7, 11) is 0. The fourth-order valence-corrected chi connectivity index (χ4v) is 1.99. The summed E-state index contributed by atoms with van der Waals surface area (Å²) in [6, 6.07) is 8.25. The zero-order valence-electron chi connectivity index (χ0n) is 10.0. The highest BCUT2D eigenvalue weighted by molar-refractivity contribution is 9.10. The Bertz CT molecular complexity index is 623. The van der Waals surface area contributed by atoms with Crippen LogP contribution < -0.4 is 5.32 Å². The first-order valence-corrected chi connectivity index (χ1v) is 6.28. The van der Waals surface area contributed by atoms with Gasteiger partial charge in [-0.3, -0.25) is 4.79 Å². The molecule has 0 fully saturated rings. The maximum Gasteiger partial charge on any atom is 0.255 e. The maximum absolute atomic E-state index is 13.6. The average Bonchev–Trinajstić information content (AvgIpc) is 2.31. The highest BCUT2D eigenvalue weighted by Crippen LogP contribution is 2.20. The minimum Gasteiger partial charge on any atom is -0.319 e. The van der Waals surface area contributed by atoms with Crippen molar-refractivity contribution in [2.45, 2.75) is 6.92 Å². The van der Waals surface area contributed by atoms with E-state index in [4.69, 9.17) is 0 Å². The van der Waals surface area contributed by atoms with Crippen LogP contribution in [0.5, 0.6) is 0 Å². The van der Waals surface area contributed by atoms with Crippen molar-refractivity contribution in [1.29, 1.82) is 0 Å². The second-order valence-corrected chi connectivity index (χ2v) is 5.01. The van der Waals surface area contributed by atoms with Crippen LogP contribution in [-0.4, -0.2) is 5.91 Å². The minimum atomic E-state index is -0.559. The van der Waals surface area contributed by atoms with Gasteiger partial charge in [0.25, 0.3) is 5.91 Å². The van der Waals surface area contributed by atoms with Crippen LogP contribution in [-0.2, 0) is 0 Å². The predicted molar refractivity (Wildman–Crippen MR) is 73.2 cm³/mol. The molecule has 1 amide bonds. The second-order valence-electron chi connectivity index (χ2n) is 4.10. The van der Waals surface area contributed by atoms with Gasteiger partial charge in [-0.05, 0) is 48.9 Å². The molecule has 19 heavy (non-hydrogen) atoms. The smallest absolute Gasteiger partial charge is 0.255 e. The van der Waals surface area contributed by atoms with Crippen LogP contribution in [0.4, 0.5) is 14.5 Å². The van der Waals surface area contributed by atoms with Crippen molar-refractivity contribution < 1.29 is 13.6 Å². The van der Waals surface area contributed by atoms with Crippen LogP contribution in [0.25, 0.3) is 0 Å². The summed E-state index contributed by atoms with van der Waals surface area (Å²) in [4.78, 5) is 11.9. The van der Waals surface area contributed by atoms with Crippen LogP contribution in [0.2, 0.25) is 0 Å². The van der Waals surface area contributed by atoms with E-state index in [1.54, 1.807) is 13.0 Å². The van der Waals surface area contributed by atoms with E-state index < -0.39 is 17.5 Å². The van der Waals surface area contributed by atoms with E-state index in [1.807, 2.05) is 0 Å². The van der Waals surface area contributed by atoms with Gasteiger partial charge in [0.15, 0.2) is 0 Å². The molecular formula is C14H10BrF2NO. The van der Waals surface area contributed by atoms with E-state index in [2.05, 4.69) is 21.2 Å². The molecular weight excluding hydrogens is 316 g/mol. The van der Waals surface area contributed by atoms with Gasteiger partial charge in [-0.2, -0.15) is 0 Å². The maximum atomic E-state index is 13.6. The number of anilines is 1. The van der Waals surface area contributed by atoms with E-state index in [1.165, 1.54) is 24.3 Å². The van der Waals surface area contributed by atoms with Crippen molar-refractivity contribution in [3.63, 3.8) is 0 Å². The Morgan fingerprint density at radius 1 is 1.16 bits per heavy atom. The monoisotopic (exact) mass is 325 g/mol. The number of amides is 1. The molecule has 1 N–H and O–H groups in total. The quantitative estimate of drug-likeness (QED) is 0.876. The van der Waals surface area contributed by atoms with Crippen molar-refractivity contribution in [3.05, 3.63) is 63.6 Å². The molecule has 0 unspecified atom stereocenters. The lowest BCUT2D eigenvalue weighted by atomic mass is 10.1. The van der Waals surface area contributed by atoms with E-state index in [9.17, 15) is 13.6 Å². The van der Waals surface area contributed by atoms with Crippen LogP contribution >= 0.6 is 15.9 Å². The zero-order valence-corrected chi connectivity index (χ0v) is 11.6. The molecule has 2 aromatic rings. The summed E-state index contributed by atoms with van der Waals surface area (Å²) < 4.78 is 27.3. The van der Waals surface area contributed by atoms with Crippen LogP contribution in [0.15, 0.2) is 40.9 Å². The Kier molecular flexibility index (Phi) is 3.95. The molecule has 5 heteroatoms. The van der Waals surface area contributed by atoms with Crippen molar-refractivity contribution in [1.82, 2.24) is 0 Å². The summed E-state index contributed by atoms with van der Waals surface area (Å²) in [5, 5.41) is 2.41. The minimum absolute atomic E-state index is 0.0510. The Morgan fingerprint density at radius 2 is 1.89 bits per heavy atom. The van der Waals surface area contributed by atoms with Crippen molar-refractivity contribution in [2.24, 2.45) is 0 Å². The van der Waals surface area contributed by atoms with Gasteiger partial charge in [0.1, 0.15) is 11.6 Å². The van der Waals surface area contributed by atoms with Gasteiger partial charge in [-0.25, -0.2) is 8.78 Å². The molecule has 0 atom stereocenters. The predicted octanol–water partition coefficient (Wildman–Crippen LogP) is 4.29. The molecule has 0 saturated carbocycles. The largest absolute Gasteiger partial charge is 0.319 e. The molecule has 0 bridgehead atoms. The summed E-state index contributed by atoms with van der Waals surface area (Å²) in [5.74, 6) is -1.61. The number of aryl methyl sites for hydroxylation is 1. The first-order valence-electron chi connectivity index (χ1n) is 5.49. The first kappa shape index (κ1) is 13.7. The van der Waals surface area contributed by atoms with Crippen LogP contribution in [0, 0.1) is 18.6 Å². The van der Waals surface area contributed by atoms with E-state index in [-0.39, 0.29) is 11.3 Å².